The SMILES string of the molecule is O=C(c1ccncc1Cl)N1C[C@@H]2C[C@H](C1)c1ccc(CN3CCCC3)c(=O)n1C2. The predicted molar refractivity (Wildman–Crippen MR) is 111 cm³/mol. The number of pyridine rings is 2. The number of carbonyl (C=O) groups excluding carboxylic acids is 1. The normalized spacial score (nSPS) is 23.8. The number of halogens is 1. The first-order chi connectivity index (χ1) is 14.1. The van der Waals surface area contributed by atoms with E-state index in [4.69, 9.17) is 11.6 Å². The quantitative estimate of drug-likeness (QED) is 0.777. The second-order valence-electron chi connectivity index (χ2n) is 8.55. The molecule has 5 heterocycles. The molecule has 1 amide bonds. The van der Waals surface area contributed by atoms with Gasteiger partial charge in [0.1, 0.15) is 0 Å². The zero-order valence-corrected chi connectivity index (χ0v) is 17.1. The number of carbonyl (C=O) groups is 1. The zero-order valence-electron chi connectivity index (χ0n) is 16.4. The monoisotopic (exact) mass is 412 g/mol. The second kappa shape index (κ2) is 7.58. The summed E-state index contributed by atoms with van der Waals surface area (Å²) in [5.74, 6) is 0.444. The lowest BCUT2D eigenvalue weighted by molar-refractivity contribution is 0.0594. The number of rotatable bonds is 3. The van der Waals surface area contributed by atoms with Gasteiger partial charge in [-0.05, 0) is 50.4 Å². The van der Waals surface area contributed by atoms with Crippen LogP contribution < -0.4 is 5.56 Å². The van der Waals surface area contributed by atoms with Crippen LogP contribution in [0, 0.1) is 5.92 Å². The highest BCUT2D eigenvalue weighted by Crippen LogP contribution is 2.36. The number of fused-ring (bicyclic) bond motifs is 4. The van der Waals surface area contributed by atoms with Gasteiger partial charge in [-0.25, -0.2) is 0 Å². The summed E-state index contributed by atoms with van der Waals surface area (Å²) < 4.78 is 1.98. The van der Waals surface area contributed by atoms with E-state index >= 15 is 0 Å². The molecule has 2 aromatic rings. The molecule has 0 saturated carbocycles. The highest BCUT2D eigenvalue weighted by Gasteiger charge is 2.37. The number of nitrogens with zero attached hydrogens (tertiary/aromatic N) is 4. The number of hydrogen-bond acceptors (Lipinski definition) is 4. The van der Waals surface area contributed by atoms with Crippen molar-refractivity contribution in [1.29, 1.82) is 0 Å². The summed E-state index contributed by atoms with van der Waals surface area (Å²) in [6.07, 6.45) is 6.58. The molecule has 3 aliphatic heterocycles. The lowest BCUT2D eigenvalue weighted by atomic mass is 9.82. The third kappa shape index (κ3) is 3.49. The molecule has 0 aromatic carbocycles. The van der Waals surface area contributed by atoms with Gasteiger partial charge >= 0.3 is 0 Å². The van der Waals surface area contributed by atoms with Gasteiger partial charge in [0.25, 0.3) is 11.5 Å². The molecule has 5 rings (SSSR count). The van der Waals surface area contributed by atoms with Gasteiger partial charge in [0.05, 0.1) is 10.6 Å². The van der Waals surface area contributed by atoms with E-state index in [-0.39, 0.29) is 17.4 Å². The fraction of sp³-hybridized carbons (Fsp3) is 0.500. The van der Waals surface area contributed by atoms with E-state index < -0.39 is 0 Å². The molecule has 29 heavy (non-hydrogen) atoms. The molecule has 2 bridgehead atoms. The first-order valence-electron chi connectivity index (χ1n) is 10.4. The van der Waals surface area contributed by atoms with Gasteiger partial charge in [0, 0.05) is 55.7 Å². The molecule has 0 spiro atoms. The van der Waals surface area contributed by atoms with Crippen LogP contribution >= 0.6 is 11.6 Å². The minimum Gasteiger partial charge on any atom is -0.338 e. The average Bonchev–Trinajstić information content (AvgIpc) is 3.23. The molecule has 0 aliphatic carbocycles. The third-order valence-corrected chi connectivity index (χ3v) is 6.87. The van der Waals surface area contributed by atoms with Crippen molar-refractivity contribution in [2.75, 3.05) is 26.2 Å². The van der Waals surface area contributed by atoms with E-state index in [9.17, 15) is 9.59 Å². The van der Waals surface area contributed by atoms with E-state index in [2.05, 4.69) is 16.0 Å². The summed E-state index contributed by atoms with van der Waals surface area (Å²) >= 11 is 6.19. The van der Waals surface area contributed by atoms with E-state index in [1.807, 2.05) is 15.5 Å². The highest BCUT2D eigenvalue weighted by atomic mass is 35.5. The molecular formula is C22H25ClN4O2. The Hall–Kier alpha value is -2.18. The lowest BCUT2D eigenvalue weighted by Gasteiger charge is -2.43. The van der Waals surface area contributed by atoms with E-state index in [0.29, 0.717) is 36.1 Å². The molecular weight excluding hydrogens is 388 g/mol. The Morgan fingerprint density at radius 1 is 1.14 bits per heavy atom. The second-order valence-corrected chi connectivity index (χ2v) is 8.95. The van der Waals surface area contributed by atoms with Crippen molar-refractivity contribution < 1.29 is 4.79 Å². The average molecular weight is 413 g/mol. The number of hydrogen-bond donors (Lipinski definition) is 0. The third-order valence-electron chi connectivity index (χ3n) is 6.57. The van der Waals surface area contributed by atoms with Crippen LogP contribution in [0.4, 0.5) is 0 Å². The smallest absolute Gasteiger partial charge is 0.255 e. The Labute approximate surface area is 175 Å². The lowest BCUT2D eigenvalue weighted by Crippen LogP contribution is -2.49. The van der Waals surface area contributed by atoms with Crippen molar-refractivity contribution in [1.82, 2.24) is 19.4 Å². The van der Waals surface area contributed by atoms with Crippen LogP contribution in [0.15, 0.2) is 35.4 Å². The molecule has 0 N–H and O–H groups in total. The van der Waals surface area contributed by atoms with E-state index in [0.717, 1.165) is 37.3 Å². The van der Waals surface area contributed by atoms with Crippen LogP contribution in [0.5, 0.6) is 0 Å². The van der Waals surface area contributed by atoms with Gasteiger partial charge in [-0.2, -0.15) is 0 Å². The van der Waals surface area contributed by atoms with Crippen molar-refractivity contribution in [3.05, 3.63) is 62.8 Å². The Morgan fingerprint density at radius 3 is 2.76 bits per heavy atom. The van der Waals surface area contributed by atoms with Gasteiger partial charge in [-0.15, -0.1) is 0 Å². The van der Waals surface area contributed by atoms with Crippen LogP contribution in [-0.4, -0.2) is 51.4 Å². The summed E-state index contributed by atoms with van der Waals surface area (Å²) in [5.41, 5.74) is 2.61. The van der Waals surface area contributed by atoms with Crippen LogP contribution in [-0.2, 0) is 13.1 Å². The molecule has 2 fully saturated rings. The van der Waals surface area contributed by atoms with Crippen LogP contribution in [0.3, 0.4) is 0 Å². The highest BCUT2D eigenvalue weighted by molar-refractivity contribution is 6.33. The van der Waals surface area contributed by atoms with Crippen molar-refractivity contribution >= 4 is 17.5 Å². The summed E-state index contributed by atoms with van der Waals surface area (Å²) in [6, 6.07) is 5.80. The molecule has 2 atom stereocenters. The Balaban J connectivity index is 1.39. The fourth-order valence-electron chi connectivity index (χ4n) is 5.18. The van der Waals surface area contributed by atoms with E-state index in [1.54, 1.807) is 12.3 Å². The van der Waals surface area contributed by atoms with Crippen LogP contribution in [0.1, 0.15) is 46.8 Å². The summed E-state index contributed by atoms with van der Waals surface area (Å²) in [7, 11) is 0. The molecule has 0 unspecified atom stereocenters. The molecule has 6 nitrogen and oxygen atoms in total. The maximum atomic E-state index is 13.1. The van der Waals surface area contributed by atoms with Gasteiger partial charge < -0.3 is 9.47 Å². The minimum atomic E-state index is -0.0476. The minimum absolute atomic E-state index is 0.0476. The molecule has 7 heteroatoms. The number of aromatic nitrogens is 2. The number of likely N-dealkylation sites (tertiary alicyclic amines) is 2. The Bertz CT molecular complexity index is 999. The fourth-order valence-corrected chi connectivity index (χ4v) is 5.38. The topological polar surface area (TPSA) is 58.4 Å². The molecule has 2 aromatic heterocycles. The Morgan fingerprint density at radius 2 is 1.97 bits per heavy atom. The summed E-state index contributed by atoms with van der Waals surface area (Å²) in [4.78, 5) is 34.4. The molecule has 2 saturated heterocycles. The molecule has 3 aliphatic rings. The largest absolute Gasteiger partial charge is 0.338 e. The van der Waals surface area contributed by atoms with Crippen molar-refractivity contribution in [3.8, 4) is 0 Å². The van der Waals surface area contributed by atoms with Gasteiger partial charge in [0.2, 0.25) is 0 Å². The van der Waals surface area contributed by atoms with Gasteiger partial charge in [-0.1, -0.05) is 17.7 Å². The van der Waals surface area contributed by atoms with Crippen molar-refractivity contribution in [3.63, 3.8) is 0 Å². The van der Waals surface area contributed by atoms with Crippen molar-refractivity contribution in [2.24, 2.45) is 5.92 Å². The maximum absolute atomic E-state index is 13.1. The predicted octanol–water partition coefficient (Wildman–Crippen LogP) is 2.75. The van der Waals surface area contributed by atoms with Crippen molar-refractivity contribution in [2.45, 2.75) is 38.3 Å². The number of amides is 1. The molecule has 0 radical (unpaired) electrons. The first-order valence-corrected chi connectivity index (χ1v) is 10.8. The van der Waals surface area contributed by atoms with Crippen LogP contribution in [0.25, 0.3) is 0 Å². The van der Waals surface area contributed by atoms with Gasteiger partial charge in [-0.3, -0.25) is 19.5 Å². The molecule has 152 valence electrons. The first kappa shape index (κ1) is 18.8. The van der Waals surface area contributed by atoms with E-state index in [1.165, 1.54) is 19.0 Å². The number of piperidine rings is 1. The van der Waals surface area contributed by atoms with Gasteiger partial charge in [0.15, 0.2) is 0 Å². The maximum Gasteiger partial charge on any atom is 0.255 e. The standard InChI is InChI=1S/C22H25ClN4O2/c23-19-10-24-6-5-18(19)22(29)26-11-15-9-17(14-26)20-4-3-16(21(28)27(20)12-15)13-25-7-1-2-8-25/h3-6,10,15,17H,1-2,7-9,11-14H2/t15-,17+/m0/s1. The Kier molecular flexibility index (Phi) is 4.92. The summed E-state index contributed by atoms with van der Waals surface area (Å²) in [6.45, 7) is 4.89. The zero-order chi connectivity index (χ0) is 20.0. The summed E-state index contributed by atoms with van der Waals surface area (Å²) in [5, 5.41) is 0.386. The van der Waals surface area contributed by atoms with Crippen LogP contribution in [0.2, 0.25) is 5.02 Å².